The fourth-order valence-corrected chi connectivity index (χ4v) is 5.46. The molecule has 10 heteroatoms. The van der Waals surface area contributed by atoms with Crippen molar-refractivity contribution in [2.24, 2.45) is 11.8 Å². The predicted molar refractivity (Wildman–Crippen MR) is 144 cm³/mol. The van der Waals surface area contributed by atoms with E-state index in [0.29, 0.717) is 24.3 Å². The van der Waals surface area contributed by atoms with Crippen molar-refractivity contribution < 1.29 is 19.5 Å². The highest BCUT2D eigenvalue weighted by molar-refractivity contribution is 5.92. The maximum absolute atomic E-state index is 12.3. The summed E-state index contributed by atoms with van der Waals surface area (Å²) >= 11 is 0. The van der Waals surface area contributed by atoms with Gasteiger partial charge in [0.1, 0.15) is 6.04 Å². The van der Waals surface area contributed by atoms with Crippen LogP contribution in [-0.4, -0.2) is 59.8 Å². The number of rotatable bonds is 11. The van der Waals surface area contributed by atoms with Crippen molar-refractivity contribution in [3.05, 3.63) is 53.3 Å². The summed E-state index contributed by atoms with van der Waals surface area (Å²) in [7, 11) is 1.47. The number of hydrogen-bond donors (Lipinski definition) is 4. The number of carbonyl (C=O) groups excluding carboxylic acids is 2. The van der Waals surface area contributed by atoms with E-state index in [9.17, 15) is 9.59 Å². The third-order valence-electron chi connectivity index (χ3n) is 7.79. The van der Waals surface area contributed by atoms with Crippen molar-refractivity contribution in [1.29, 1.82) is 0 Å². The van der Waals surface area contributed by atoms with Crippen molar-refractivity contribution in [3.63, 3.8) is 0 Å². The Morgan fingerprint density at radius 3 is 2.24 bits per heavy atom. The van der Waals surface area contributed by atoms with Crippen molar-refractivity contribution in [2.75, 3.05) is 31.6 Å². The molecule has 1 aromatic carbocycles. The van der Waals surface area contributed by atoms with Gasteiger partial charge in [0, 0.05) is 38.6 Å². The molecule has 2 aliphatic rings. The van der Waals surface area contributed by atoms with E-state index in [2.05, 4.69) is 49.8 Å². The average Bonchev–Trinajstić information content (AvgIpc) is 2.98. The Kier molecular flexibility index (Phi) is 10.4. The molecule has 2 heterocycles. The Morgan fingerprint density at radius 1 is 1.00 bits per heavy atom. The van der Waals surface area contributed by atoms with Gasteiger partial charge in [-0.2, -0.15) is 0 Å². The lowest BCUT2D eigenvalue weighted by Crippen LogP contribution is -2.44. The van der Waals surface area contributed by atoms with Crippen molar-refractivity contribution in [2.45, 2.75) is 64.1 Å². The molecule has 0 unspecified atom stereocenters. The third kappa shape index (κ3) is 7.72. The zero-order valence-corrected chi connectivity index (χ0v) is 22.2. The van der Waals surface area contributed by atoms with Crippen LogP contribution in [0.3, 0.4) is 0 Å². The minimum Gasteiger partial charge on any atom is -0.468 e. The normalized spacial score (nSPS) is 17.7. The van der Waals surface area contributed by atoms with Crippen molar-refractivity contribution in [3.8, 4) is 0 Å². The number of anilines is 1. The van der Waals surface area contributed by atoms with Crippen LogP contribution in [-0.2, 0) is 22.6 Å². The average molecular weight is 525 g/mol. The highest BCUT2D eigenvalue weighted by atomic mass is 16.5. The Bertz CT molecular complexity index is 1020. The number of methoxy groups -OCH3 is 1. The Morgan fingerprint density at radius 2 is 1.63 bits per heavy atom. The van der Waals surface area contributed by atoms with E-state index >= 15 is 0 Å². The topological polar surface area (TPSA) is 129 Å². The second-order valence-corrected chi connectivity index (χ2v) is 10.4. The van der Waals surface area contributed by atoms with E-state index in [1.165, 1.54) is 44.3 Å². The van der Waals surface area contributed by atoms with E-state index in [-0.39, 0.29) is 17.6 Å². The summed E-state index contributed by atoms with van der Waals surface area (Å²) in [4.78, 5) is 34.4. The Balaban J connectivity index is 1.16. The highest BCUT2D eigenvalue weighted by Gasteiger charge is 2.29. The summed E-state index contributed by atoms with van der Waals surface area (Å²) in [6.45, 7) is 4.16. The molecule has 1 aliphatic carbocycles. The zero-order valence-electron chi connectivity index (χ0n) is 22.2. The Hall–Kier alpha value is -3.08. The van der Waals surface area contributed by atoms with E-state index < -0.39 is 5.91 Å². The fraction of sp³-hybridized carbons (Fsp3) is 0.571. The molecule has 1 aromatic heterocycles. The van der Waals surface area contributed by atoms with Crippen LogP contribution in [0, 0.1) is 11.8 Å². The van der Waals surface area contributed by atoms with Gasteiger partial charge in [0.05, 0.1) is 12.7 Å². The molecule has 0 bridgehead atoms. The van der Waals surface area contributed by atoms with Crippen LogP contribution in [0.1, 0.15) is 66.4 Å². The van der Waals surface area contributed by atoms with Crippen LogP contribution in [0.2, 0.25) is 0 Å². The molecule has 1 saturated heterocycles. The molecule has 1 aliphatic heterocycles. The van der Waals surface area contributed by atoms with E-state index in [4.69, 9.17) is 9.94 Å². The van der Waals surface area contributed by atoms with Crippen LogP contribution in [0.15, 0.2) is 36.7 Å². The standard InChI is InChI=1S/C28H40N6O4/c1-38-27(36)25(23-5-3-2-4-6-23)30-17-21-9-7-20(8-10-21)15-29-16-22-11-13-34(14-12-22)28-31-18-24(19-32-28)26(35)33-37/h7-10,18-19,22-23,25,29-30,37H,2-6,11-17H2,1H3,(H,33,35)/t25-/m0/s1. The maximum atomic E-state index is 12.3. The summed E-state index contributed by atoms with van der Waals surface area (Å²) in [5, 5.41) is 15.8. The van der Waals surface area contributed by atoms with Crippen LogP contribution in [0.25, 0.3) is 0 Å². The molecule has 206 valence electrons. The number of benzene rings is 1. The number of hydrogen-bond acceptors (Lipinski definition) is 9. The minimum absolute atomic E-state index is 0.152. The molecule has 4 rings (SSSR count). The van der Waals surface area contributed by atoms with Gasteiger partial charge in [-0.3, -0.25) is 14.8 Å². The van der Waals surface area contributed by atoms with Gasteiger partial charge in [0.2, 0.25) is 5.95 Å². The quantitative estimate of drug-likeness (QED) is 0.199. The molecular weight excluding hydrogens is 484 g/mol. The third-order valence-corrected chi connectivity index (χ3v) is 7.79. The van der Waals surface area contributed by atoms with Gasteiger partial charge in [-0.05, 0) is 55.2 Å². The summed E-state index contributed by atoms with van der Waals surface area (Å²) in [6, 6.07) is 8.34. The largest absolute Gasteiger partial charge is 0.468 e. The minimum atomic E-state index is -0.616. The lowest BCUT2D eigenvalue weighted by atomic mass is 9.84. The molecule has 38 heavy (non-hydrogen) atoms. The molecule has 0 spiro atoms. The predicted octanol–water partition coefficient (Wildman–Crippen LogP) is 2.81. The van der Waals surface area contributed by atoms with Crippen molar-refractivity contribution >= 4 is 17.8 Å². The number of carbonyl (C=O) groups is 2. The number of amides is 1. The molecule has 1 saturated carbocycles. The van der Waals surface area contributed by atoms with E-state index in [0.717, 1.165) is 57.4 Å². The zero-order chi connectivity index (χ0) is 26.7. The second-order valence-electron chi connectivity index (χ2n) is 10.4. The number of nitrogens with zero attached hydrogens (tertiary/aromatic N) is 3. The first-order valence-electron chi connectivity index (χ1n) is 13.7. The molecule has 2 fully saturated rings. The number of aromatic nitrogens is 2. The summed E-state index contributed by atoms with van der Waals surface area (Å²) in [5.41, 5.74) is 4.22. The molecule has 10 nitrogen and oxygen atoms in total. The molecule has 0 radical (unpaired) electrons. The number of nitrogens with one attached hydrogen (secondary N) is 3. The molecule has 2 aromatic rings. The SMILES string of the molecule is COC(=O)[C@@H](NCc1ccc(CNCC2CCN(c3ncc(C(=O)NO)cn3)CC2)cc1)C1CCCCC1. The number of esters is 1. The molecule has 4 N–H and O–H groups in total. The summed E-state index contributed by atoms with van der Waals surface area (Å²) < 4.78 is 5.07. The van der Waals surface area contributed by atoms with Gasteiger partial charge >= 0.3 is 5.97 Å². The first-order valence-corrected chi connectivity index (χ1v) is 13.7. The summed E-state index contributed by atoms with van der Waals surface area (Å²) in [5.74, 6) is 0.789. The van der Waals surface area contributed by atoms with E-state index in [1.807, 2.05) is 0 Å². The smallest absolute Gasteiger partial charge is 0.323 e. The lowest BCUT2D eigenvalue weighted by molar-refractivity contribution is -0.145. The van der Waals surface area contributed by atoms with Gasteiger partial charge in [0.25, 0.3) is 5.91 Å². The number of ether oxygens (including phenoxy) is 1. The second kappa shape index (κ2) is 14.2. The van der Waals surface area contributed by atoms with Crippen LogP contribution < -0.4 is 21.0 Å². The summed E-state index contributed by atoms with van der Waals surface area (Å²) in [6.07, 6.45) is 10.8. The van der Waals surface area contributed by atoms with Gasteiger partial charge in [-0.25, -0.2) is 15.4 Å². The van der Waals surface area contributed by atoms with Crippen LogP contribution in [0.4, 0.5) is 5.95 Å². The molecule has 1 amide bonds. The van der Waals surface area contributed by atoms with Crippen LogP contribution in [0.5, 0.6) is 0 Å². The number of piperidine rings is 1. The van der Waals surface area contributed by atoms with Gasteiger partial charge < -0.3 is 20.3 Å². The molecule has 1 atom stereocenters. The first kappa shape index (κ1) is 27.9. The highest BCUT2D eigenvalue weighted by Crippen LogP contribution is 2.27. The van der Waals surface area contributed by atoms with Crippen molar-refractivity contribution in [1.82, 2.24) is 26.1 Å². The van der Waals surface area contributed by atoms with Crippen LogP contribution >= 0.6 is 0 Å². The van der Waals surface area contributed by atoms with Gasteiger partial charge in [-0.1, -0.05) is 43.5 Å². The number of hydroxylamine groups is 1. The lowest BCUT2D eigenvalue weighted by Gasteiger charge is -2.32. The van der Waals surface area contributed by atoms with Gasteiger partial charge in [0.15, 0.2) is 0 Å². The van der Waals surface area contributed by atoms with E-state index in [1.54, 1.807) is 5.48 Å². The fourth-order valence-electron chi connectivity index (χ4n) is 5.46. The van der Waals surface area contributed by atoms with Gasteiger partial charge in [-0.15, -0.1) is 0 Å². The Labute approximate surface area is 224 Å². The molecular formula is C28H40N6O4. The monoisotopic (exact) mass is 524 g/mol. The first-order chi connectivity index (χ1) is 18.6. The maximum Gasteiger partial charge on any atom is 0.323 e.